The van der Waals surface area contributed by atoms with Gasteiger partial charge in [0.05, 0.1) is 10.6 Å². The maximum absolute atomic E-state index is 11.7. The van der Waals surface area contributed by atoms with Crippen LogP contribution in [0.2, 0.25) is 0 Å². The summed E-state index contributed by atoms with van der Waals surface area (Å²) in [5, 5.41) is 5.27. The molecule has 0 unspecified atom stereocenters. The lowest BCUT2D eigenvalue weighted by atomic mass is 10.0. The Kier molecular flexibility index (Phi) is 3.58. The van der Waals surface area contributed by atoms with Crippen LogP contribution in [0.15, 0.2) is 29.2 Å². The molecule has 0 bridgehead atoms. The summed E-state index contributed by atoms with van der Waals surface area (Å²) < 4.78 is 23.3. The minimum Gasteiger partial charge on any atom is -0.338 e. The molecule has 1 aliphatic carbocycles. The quantitative estimate of drug-likeness (QED) is 0.918. The zero-order valence-corrected chi connectivity index (χ0v) is 14.4. The second-order valence-corrected chi connectivity index (χ2v) is 8.12. The molecular weight excluding hydrogens is 324 g/mol. The van der Waals surface area contributed by atoms with Gasteiger partial charge in [-0.25, -0.2) is 23.5 Å². The number of anilines is 1. The molecule has 1 atom stereocenters. The lowest BCUT2D eigenvalue weighted by Crippen LogP contribution is -2.46. The number of primary sulfonamides is 1. The third-order valence-electron chi connectivity index (χ3n) is 4.93. The number of nitrogens with zero attached hydrogens (tertiary/aromatic N) is 3. The van der Waals surface area contributed by atoms with Crippen molar-refractivity contribution in [1.29, 1.82) is 0 Å². The molecule has 1 aliphatic heterocycles. The van der Waals surface area contributed by atoms with Crippen molar-refractivity contribution in [3.63, 3.8) is 0 Å². The summed E-state index contributed by atoms with van der Waals surface area (Å²) in [6, 6.07) is 7.18. The van der Waals surface area contributed by atoms with E-state index in [-0.39, 0.29) is 4.90 Å². The van der Waals surface area contributed by atoms with Gasteiger partial charge < -0.3 is 4.90 Å². The number of aromatic nitrogens is 2. The molecule has 6 nitrogen and oxygen atoms in total. The maximum Gasteiger partial charge on any atom is 0.238 e. The highest BCUT2D eigenvalue weighted by Crippen LogP contribution is 2.34. The van der Waals surface area contributed by atoms with Gasteiger partial charge in [0.25, 0.3) is 0 Å². The molecule has 1 saturated heterocycles. The smallest absolute Gasteiger partial charge is 0.238 e. The third kappa shape index (κ3) is 2.57. The topological polar surface area (TPSA) is 89.2 Å². The molecule has 1 fully saturated rings. The van der Waals surface area contributed by atoms with Gasteiger partial charge in [-0.1, -0.05) is 12.1 Å². The minimum atomic E-state index is -3.73. The summed E-state index contributed by atoms with van der Waals surface area (Å²) in [4.78, 5) is 11.9. The summed E-state index contributed by atoms with van der Waals surface area (Å²) in [7, 11) is -3.73. The Hall–Kier alpha value is -1.99. The zero-order chi connectivity index (χ0) is 16.9. The van der Waals surface area contributed by atoms with Gasteiger partial charge in [-0.2, -0.15) is 0 Å². The normalized spacial score (nSPS) is 19.9. The first-order valence-corrected chi connectivity index (χ1v) is 9.78. The molecule has 126 valence electrons. The lowest BCUT2D eigenvalue weighted by molar-refractivity contribution is 0.470. The van der Waals surface area contributed by atoms with E-state index in [9.17, 15) is 8.42 Å². The molecule has 2 aromatic rings. The summed E-state index contributed by atoms with van der Waals surface area (Å²) in [5.74, 6) is 0.755. The van der Waals surface area contributed by atoms with Crippen LogP contribution in [0.25, 0.3) is 11.3 Å². The molecule has 2 aliphatic rings. The molecule has 4 rings (SSSR count). The van der Waals surface area contributed by atoms with E-state index < -0.39 is 10.0 Å². The van der Waals surface area contributed by atoms with E-state index >= 15 is 0 Å². The van der Waals surface area contributed by atoms with Gasteiger partial charge in [0.15, 0.2) is 0 Å². The van der Waals surface area contributed by atoms with Crippen LogP contribution in [0.3, 0.4) is 0 Å². The number of hydrogen-bond donors (Lipinski definition) is 1. The molecule has 0 amide bonds. The second-order valence-electron chi connectivity index (χ2n) is 6.55. The van der Waals surface area contributed by atoms with Crippen LogP contribution < -0.4 is 10.0 Å². The highest BCUT2D eigenvalue weighted by Gasteiger charge is 2.29. The Morgan fingerprint density at radius 1 is 1.25 bits per heavy atom. The van der Waals surface area contributed by atoms with Gasteiger partial charge in [0, 0.05) is 29.4 Å². The van der Waals surface area contributed by atoms with Crippen molar-refractivity contribution in [3.8, 4) is 11.3 Å². The van der Waals surface area contributed by atoms with Crippen LogP contribution in [-0.2, 0) is 22.9 Å². The number of rotatable bonds is 3. The molecule has 2 heterocycles. The van der Waals surface area contributed by atoms with Crippen LogP contribution in [-0.4, -0.2) is 31.0 Å². The molecule has 0 spiro atoms. The van der Waals surface area contributed by atoms with E-state index in [4.69, 9.17) is 15.1 Å². The van der Waals surface area contributed by atoms with Gasteiger partial charge in [0.2, 0.25) is 16.0 Å². The molecule has 2 N–H and O–H groups in total. The monoisotopic (exact) mass is 344 g/mol. The molecular formula is C17H20N4O2S. The number of fused-ring (bicyclic) bond motifs is 1. The summed E-state index contributed by atoms with van der Waals surface area (Å²) >= 11 is 0. The Morgan fingerprint density at radius 3 is 2.75 bits per heavy atom. The number of aryl methyl sites for hydroxylation is 1. The fourth-order valence-electron chi connectivity index (χ4n) is 3.42. The molecule has 24 heavy (non-hydrogen) atoms. The van der Waals surface area contributed by atoms with E-state index in [0.29, 0.717) is 6.04 Å². The van der Waals surface area contributed by atoms with Gasteiger partial charge in [-0.15, -0.1) is 0 Å². The van der Waals surface area contributed by atoms with Crippen LogP contribution in [0.1, 0.15) is 31.0 Å². The van der Waals surface area contributed by atoms with Crippen LogP contribution in [0, 0.1) is 0 Å². The summed E-state index contributed by atoms with van der Waals surface area (Å²) in [6.07, 6.45) is 4.09. The van der Waals surface area contributed by atoms with Crippen molar-refractivity contribution in [1.82, 2.24) is 9.97 Å². The number of nitrogens with two attached hydrogens (primary N) is 1. The van der Waals surface area contributed by atoms with Crippen LogP contribution in [0.5, 0.6) is 0 Å². The number of sulfonamides is 1. The van der Waals surface area contributed by atoms with E-state index in [1.165, 1.54) is 6.07 Å². The minimum absolute atomic E-state index is 0.115. The molecule has 1 aromatic carbocycles. The fraction of sp³-hybridized carbons (Fsp3) is 0.412. The van der Waals surface area contributed by atoms with Crippen molar-refractivity contribution in [2.45, 2.75) is 43.5 Å². The predicted octanol–water partition coefficient (Wildman–Crippen LogP) is 1.88. The highest BCUT2D eigenvalue weighted by molar-refractivity contribution is 7.89. The lowest BCUT2D eigenvalue weighted by Gasteiger charge is -2.39. The molecule has 7 heteroatoms. The zero-order valence-electron chi connectivity index (χ0n) is 13.6. The second kappa shape index (κ2) is 5.53. The Morgan fingerprint density at radius 2 is 2.08 bits per heavy atom. The SMILES string of the molecule is C[C@H]1CCN1c1nc2c(c(-c3cccc(S(N)(=O)=O)c3)n1)CCC2. The predicted molar refractivity (Wildman–Crippen MR) is 92.3 cm³/mol. The Labute approximate surface area is 141 Å². The standard InChI is InChI=1S/C17H20N4O2S/c1-11-8-9-21(11)17-19-15-7-3-6-14(15)16(20-17)12-4-2-5-13(10-12)24(18,22)23/h2,4-5,10-11H,3,6-9H2,1H3,(H2,18,22,23)/t11-/m0/s1. The average molecular weight is 344 g/mol. The Bertz CT molecular complexity index is 911. The third-order valence-corrected chi connectivity index (χ3v) is 5.85. The van der Waals surface area contributed by atoms with Gasteiger partial charge in [0.1, 0.15) is 0 Å². The van der Waals surface area contributed by atoms with Gasteiger partial charge >= 0.3 is 0 Å². The molecule has 0 saturated carbocycles. The maximum atomic E-state index is 11.7. The van der Waals surface area contributed by atoms with E-state index in [1.54, 1.807) is 12.1 Å². The average Bonchev–Trinajstić information content (AvgIpc) is 3.00. The van der Waals surface area contributed by atoms with Crippen molar-refractivity contribution in [3.05, 3.63) is 35.5 Å². The van der Waals surface area contributed by atoms with E-state index in [2.05, 4.69) is 11.8 Å². The first-order chi connectivity index (χ1) is 11.4. The van der Waals surface area contributed by atoms with Crippen molar-refractivity contribution in [2.24, 2.45) is 5.14 Å². The van der Waals surface area contributed by atoms with Crippen molar-refractivity contribution >= 4 is 16.0 Å². The molecule has 1 aromatic heterocycles. The van der Waals surface area contributed by atoms with Gasteiger partial charge in [-0.3, -0.25) is 0 Å². The largest absolute Gasteiger partial charge is 0.338 e. The highest BCUT2D eigenvalue weighted by atomic mass is 32.2. The first kappa shape index (κ1) is 15.5. The number of benzene rings is 1. The summed E-state index contributed by atoms with van der Waals surface area (Å²) in [5.41, 5.74) is 3.86. The number of hydrogen-bond acceptors (Lipinski definition) is 5. The fourth-order valence-corrected chi connectivity index (χ4v) is 3.98. The van der Waals surface area contributed by atoms with Gasteiger partial charge in [-0.05, 0) is 44.7 Å². The van der Waals surface area contributed by atoms with Crippen molar-refractivity contribution < 1.29 is 8.42 Å². The van der Waals surface area contributed by atoms with E-state index in [1.807, 2.05) is 6.07 Å². The van der Waals surface area contributed by atoms with E-state index in [0.717, 1.165) is 60.7 Å². The van der Waals surface area contributed by atoms with Crippen LogP contribution in [0.4, 0.5) is 5.95 Å². The van der Waals surface area contributed by atoms with Crippen LogP contribution >= 0.6 is 0 Å². The Balaban J connectivity index is 1.86. The molecule has 0 radical (unpaired) electrons. The first-order valence-electron chi connectivity index (χ1n) is 8.23. The van der Waals surface area contributed by atoms with Crippen molar-refractivity contribution in [2.75, 3.05) is 11.4 Å². The summed E-state index contributed by atoms with van der Waals surface area (Å²) in [6.45, 7) is 3.14.